The van der Waals surface area contributed by atoms with Crippen molar-refractivity contribution in [2.45, 2.75) is 32.9 Å². The van der Waals surface area contributed by atoms with Crippen LogP contribution in [0.3, 0.4) is 0 Å². The number of halogens is 1. The Balaban J connectivity index is 0.00000364. The molecule has 3 N–H and O–H groups in total. The van der Waals surface area contributed by atoms with Gasteiger partial charge >= 0.3 is 0 Å². The number of rotatable bonds is 5. The molecule has 1 aliphatic rings. The van der Waals surface area contributed by atoms with Crippen LogP contribution in [0.2, 0.25) is 0 Å². The van der Waals surface area contributed by atoms with E-state index >= 15 is 0 Å². The number of pyridine rings is 1. The van der Waals surface area contributed by atoms with E-state index in [9.17, 15) is 4.79 Å². The molecule has 2 rings (SSSR count). The summed E-state index contributed by atoms with van der Waals surface area (Å²) >= 11 is 0. The Labute approximate surface area is 178 Å². The van der Waals surface area contributed by atoms with Crippen molar-refractivity contribution in [2.24, 2.45) is 4.99 Å². The lowest BCUT2D eigenvalue weighted by Crippen LogP contribution is -2.48. The maximum atomic E-state index is 11.9. The third-order valence-electron chi connectivity index (χ3n) is 3.78. The number of amides is 1. The van der Waals surface area contributed by atoms with Crippen LogP contribution in [0, 0.1) is 0 Å². The third-order valence-corrected chi connectivity index (χ3v) is 3.78. The molecule has 0 aliphatic carbocycles. The van der Waals surface area contributed by atoms with Crippen molar-refractivity contribution in [2.75, 3.05) is 44.8 Å². The molecule has 9 heteroatoms. The van der Waals surface area contributed by atoms with Crippen LogP contribution in [-0.2, 0) is 16.1 Å². The zero-order valence-corrected chi connectivity index (χ0v) is 18.9. The van der Waals surface area contributed by atoms with Gasteiger partial charge in [-0.25, -0.2) is 4.98 Å². The van der Waals surface area contributed by atoms with Gasteiger partial charge in [0.15, 0.2) is 5.96 Å². The van der Waals surface area contributed by atoms with Crippen molar-refractivity contribution in [3.05, 3.63) is 23.9 Å². The first-order valence-corrected chi connectivity index (χ1v) is 8.91. The summed E-state index contributed by atoms with van der Waals surface area (Å²) < 4.78 is 5.41. The highest BCUT2D eigenvalue weighted by molar-refractivity contribution is 14.0. The first-order chi connectivity index (χ1) is 12.4. The van der Waals surface area contributed by atoms with E-state index in [1.807, 2.05) is 32.9 Å². The molecule has 1 saturated heterocycles. The summed E-state index contributed by atoms with van der Waals surface area (Å²) in [6, 6.07) is 3.97. The highest BCUT2D eigenvalue weighted by Gasteiger charge is 2.16. The van der Waals surface area contributed by atoms with Gasteiger partial charge in [-0.1, -0.05) is 6.07 Å². The Bertz CT molecular complexity index is 627. The number of carbonyl (C=O) groups is 1. The molecule has 2 heterocycles. The second-order valence-corrected chi connectivity index (χ2v) is 7.16. The van der Waals surface area contributed by atoms with E-state index in [0.29, 0.717) is 12.5 Å². The second-order valence-electron chi connectivity index (χ2n) is 7.16. The maximum Gasteiger partial charge on any atom is 0.239 e. The van der Waals surface area contributed by atoms with Gasteiger partial charge in [-0.05, 0) is 26.8 Å². The standard InChI is InChI=1S/C18H30N6O2.HI/c1-18(2,3)23-15(25)13-22-17(19-4)21-12-14-6-5-7-20-16(14)24-8-10-26-11-9-24;/h5-7H,8-13H2,1-4H3,(H,23,25)(H2,19,21,22);1H. The Morgan fingerprint density at radius 3 is 2.63 bits per heavy atom. The van der Waals surface area contributed by atoms with Crippen LogP contribution in [-0.4, -0.2) is 62.3 Å². The molecule has 0 saturated carbocycles. The van der Waals surface area contributed by atoms with Crippen molar-refractivity contribution >= 4 is 41.7 Å². The van der Waals surface area contributed by atoms with Crippen molar-refractivity contribution in [1.82, 2.24) is 20.9 Å². The minimum absolute atomic E-state index is 0. The molecular formula is C18H31IN6O2. The molecule has 0 radical (unpaired) electrons. The zero-order chi connectivity index (χ0) is 19.0. The van der Waals surface area contributed by atoms with Crippen LogP contribution < -0.4 is 20.9 Å². The first-order valence-electron chi connectivity index (χ1n) is 8.91. The molecule has 0 aromatic carbocycles. The minimum atomic E-state index is -0.252. The molecule has 8 nitrogen and oxygen atoms in total. The number of carbonyl (C=O) groups excluding carboxylic acids is 1. The first kappa shape index (κ1) is 23.4. The van der Waals surface area contributed by atoms with Gasteiger partial charge in [-0.15, -0.1) is 24.0 Å². The third kappa shape index (κ3) is 8.29. The van der Waals surface area contributed by atoms with Crippen LogP contribution in [0.4, 0.5) is 5.82 Å². The smallest absolute Gasteiger partial charge is 0.239 e. The normalized spacial score (nSPS) is 15.0. The van der Waals surface area contributed by atoms with Gasteiger partial charge in [0, 0.05) is 44.0 Å². The summed E-state index contributed by atoms with van der Waals surface area (Å²) in [5.74, 6) is 1.46. The van der Waals surface area contributed by atoms with E-state index in [-0.39, 0.29) is 42.0 Å². The second kappa shape index (κ2) is 11.3. The van der Waals surface area contributed by atoms with E-state index in [2.05, 4.69) is 30.8 Å². The molecule has 1 aromatic heterocycles. The largest absolute Gasteiger partial charge is 0.378 e. The molecule has 1 aliphatic heterocycles. The van der Waals surface area contributed by atoms with Gasteiger partial charge in [0.1, 0.15) is 5.82 Å². The molecule has 0 bridgehead atoms. The summed E-state index contributed by atoms with van der Waals surface area (Å²) in [5, 5.41) is 9.19. The molecule has 1 fully saturated rings. The number of nitrogens with zero attached hydrogens (tertiary/aromatic N) is 3. The lowest BCUT2D eigenvalue weighted by Gasteiger charge is -2.29. The average molecular weight is 490 g/mol. The summed E-state index contributed by atoms with van der Waals surface area (Å²) in [5.41, 5.74) is 0.829. The highest BCUT2D eigenvalue weighted by Crippen LogP contribution is 2.18. The van der Waals surface area contributed by atoms with Gasteiger partial charge in [0.2, 0.25) is 5.91 Å². The topological polar surface area (TPSA) is 90.9 Å². The number of nitrogens with one attached hydrogen (secondary N) is 3. The lowest BCUT2D eigenvalue weighted by atomic mass is 10.1. The Morgan fingerprint density at radius 2 is 2.00 bits per heavy atom. The van der Waals surface area contributed by atoms with Crippen molar-refractivity contribution in [3.63, 3.8) is 0 Å². The average Bonchev–Trinajstić information content (AvgIpc) is 2.61. The number of hydrogen-bond acceptors (Lipinski definition) is 5. The molecule has 0 atom stereocenters. The number of aliphatic imine (C=N–C) groups is 1. The van der Waals surface area contributed by atoms with Crippen LogP contribution in [0.5, 0.6) is 0 Å². The molecule has 0 spiro atoms. The molecule has 1 amide bonds. The zero-order valence-electron chi connectivity index (χ0n) is 16.5. The predicted octanol–water partition coefficient (Wildman–Crippen LogP) is 1.12. The Hall–Kier alpha value is -1.62. The van der Waals surface area contributed by atoms with Crippen LogP contribution in [0.25, 0.3) is 0 Å². The molecule has 27 heavy (non-hydrogen) atoms. The minimum Gasteiger partial charge on any atom is -0.378 e. The highest BCUT2D eigenvalue weighted by atomic mass is 127. The van der Waals surface area contributed by atoms with Gasteiger partial charge in [-0.2, -0.15) is 0 Å². The lowest BCUT2D eigenvalue weighted by molar-refractivity contribution is -0.121. The van der Waals surface area contributed by atoms with Crippen LogP contribution in [0.15, 0.2) is 23.3 Å². The summed E-state index contributed by atoms with van der Waals surface area (Å²) in [6.45, 7) is 9.70. The van der Waals surface area contributed by atoms with Crippen molar-refractivity contribution in [1.29, 1.82) is 0 Å². The van der Waals surface area contributed by atoms with Crippen molar-refractivity contribution < 1.29 is 9.53 Å². The molecule has 0 unspecified atom stereocenters. The van der Waals surface area contributed by atoms with E-state index < -0.39 is 0 Å². The fourth-order valence-corrected chi connectivity index (χ4v) is 2.65. The molecular weight excluding hydrogens is 459 g/mol. The predicted molar refractivity (Wildman–Crippen MR) is 119 cm³/mol. The Kier molecular flexibility index (Phi) is 9.78. The maximum absolute atomic E-state index is 11.9. The molecule has 1 aromatic rings. The number of guanidine groups is 1. The summed E-state index contributed by atoms with van der Waals surface area (Å²) in [7, 11) is 1.68. The van der Waals surface area contributed by atoms with Gasteiger partial charge in [0.25, 0.3) is 0 Å². The quantitative estimate of drug-likeness (QED) is 0.326. The summed E-state index contributed by atoms with van der Waals surface area (Å²) in [6.07, 6.45) is 1.80. The van der Waals surface area contributed by atoms with Gasteiger partial charge in [-0.3, -0.25) is 9.79 Å². The number of morpholine rings is 1. The van der Waals surface area contributed by atoms with Crippen LogP contribution >= 0.6 is 24.0 Å². The van der Waals surface area contributed by atoms with Gasteiger partial charge < -0.3 is 25.6 Å². The number of ether oxygens (including phenoxy) is 1. The van der Waals surface area contributed by atoms with E-state index in [1.54, 1.807) is 13.2 Å². The summed E-state index contributed by atoms with van der Waals surface area (Å²) in [4.78, 5) is 22.9. The molecule has 152 valence electrons. The van der Waals surface area contributed by atoms with Crippen molar-refractivity contribution in [3.8, 4) is 0 Å². The monoisotopic (exact) mass is 490 g/mol. The van der Waals surface area contributed by atoms with E-state index in [1.165, 1.54) is 0 Å². The Morgan fingerprint density at radius 1 is 1.30 bits per heavy atom. The number of hydrogen-bond donors (Lipinski definition) is 3. The number of anilines is 1. The van der Waals surface area contributed by atoms with E-state index in [4.69, 9.17) is 4.74 Å². The SMILES string of the molecule is CN=C(NCC(=O)NC(C)(C)C)NCc1cccnc1N1CCOCC1.I. The fourth-order valence-electron chi connectivity index (χ4n) is 2.65. The van der Waals surface area contributed by atoms with Gasteiger partial charge in [0.05, 0.1) is 19.8 Å². The number of aromatic nitrogens is 1. The fraction of sp³-hybridized carbons (Fsp3) is 0.611. The van der Waals surface area contributed by atoms with E-state index in [0.717, 1.165) is 37.7 Å². The van der Waals surface area contributed by atoms with Crippen LogP contribution in [0.1, 0.15) is 26.3 Å².